The summed E-state index contributed by atoms with van der Waals surface area (Å²) in [5.74, 6) is -0.390. The molecular formula is C14H15ClN4O3S3. The van der Waals surface area contributed by atoms with Gasteiger partial charge in [0, 0.05) is 11.6 Å². The van der Waals surface area contributed by atoms with Crippen molar-refractivity contribution in [2.75, 3.05) is 18.1 Å². The van der Waals surface area contributed by atoms with E-state index >= 15 is 0 Å². The molecule has 0 spiro atoms. The van der Waals surface area contributed by atoms with Crippen LogP contribution < -0.4 is 5.32 Å². The number of hydrogen-bond donors (Lipinski definition) is 1. The van der Waals surface area contributed by atoms with Crippen LogP contribution in [-0.2, 0) is 14.8 Å². The van der Waals surface area contributed by atoms with Gasteiger partial charge in [-0.05, 0) is 43.4 Å². The van der Waals surface area contributed by atoms with Crippen LogP contribution in [0.2, 0.25) is 5.02 Å². The van der Waals surface area contributed by atoms with Gasteiger partial charge in [0.25, 0.3) is 0 Å². The first-order valence-electron chi connectivity index (χ1n) is 7.37. The Morgan fingerprint density at radius 2 is 2.08 bits per heavy atom. The second kappa shape index (κ2) is 7.58. The van der Waals surface area contributed by atoms with Crippen molar-refractivity contribution in [3.05, 3.63) is 29.3 Å². The summed E-state index contributed by atoms with van der Waals surface area (Å²) in [5, 5.41) is 11.3. The molecule has 3 rings (SSSR count). The molecule has 0 aliphatic carbocycles. The van der Waals surface area contributed by atoms with Gasteiger partial charge in [0.15, 0.2) is 4.34 Å². The maximum Gasteiger partial charge on any atom is 0.244 e. The van der Waals surface area contributed by atoms with Crippen LogP contribution in [0, 0.1) is 0 Å². The molecule has 0 bridgehead atoms. The number of amides is 1. The fourth-order valence-corrected chi connectivity index (χ4v) is 5.52. The minimum atomic E-state index is -3.76. The molecule has 0 radical (unpaired) electrons. The highest BCUT2D eigenvalue weighted by molar-refractivity contribution is 8.00. The molecule has 7 nitrogen and oxygen atoms in total. The number of nitrogens with one attached hydrogen (secondary N) is 1. The van der Waals surface area contributed by atoms with Crippen molar-refractivity contribution in [1.29, 1.82) is 0 Å². The molecule has 1 aromatic carbocycles. The topological polar surface area (TPSA) is 92.3 Å². The normalized spacial score (nSPS) is 18.4. The first-order chi connectivity index (χ1) is 11.9. The summed E-state index contributed by atoms with van der Waals surface area (Å²) in [4.78, 5) is 12.7. The van der Waals surface area contributed by atoms with Gasteiger partial charge in [0.1, 0.15) is 6.04 Å². The predicted molar refractivity (Wildman–Crippen MR) is 98.7 cm³/mol. The first-order valence-corrected chi connectivity index (χ1v) is 11.2. The van der Waals surface area contributed by atoms with Gasteiger partial charge in [-0.1, -0.05) is 34.7 Å². The molecule has 1 saturated heterocycles. The van der Waals surface area contributed by atoms with Crippen LogP contribution in [-0.4, -0.2) is 47.7 Å². The number of benzene rings is 1. The third-order valence-corrected chi connectivity index (χ3v) is 7.73. The van der Waals surface area contributed by atoms with Gasteiger partial charge in [-0.15, -0.1) is 10.2 Å². The lowest BCUT2D eigenvalue weighted by Gasteiger charge is -2.22. The summed E-state index contributed by atoms with van der Waals surface area (Å²) < 4.78 is 27.6. The average molecular weight is 419 g/mol. The molecule has 1 unspecified atom stereocenters. The molecule has 1 N–H and O–H groups in total. The molecule has 1 aliphatic heterocycles. The fourth-order valence-electron chi connectivity index (χ4n) is 2.56. The highest BCUT2D eigenvalue weighted by Gasteiger charge is 2.39. The Bertz CT molecular complexity index is 870. The second-order valence-corrected chi connectivity index (χ2v) is 9.65. The van der Waals surface area contributed by atoms with Gasteiger partial charge in [0.05, 0.1) is 4.90 Å². The van der Waals surface area contributed by atoms with Crippen LogP contribution in [0.1, 0.15) is 12.8 Å². The van der Waals surface area contributed by atoms with E-state index in [1.165, 1.54) is 51.7 Å². The highest BCUT2D eigenvalue weighted by Crippen LogP contribution is 2.29. The van der Waals surface area contributed by atoms with Crippen LogP contribution >= 0.6 is 34.7 Å². The molecule has 1 fully saturated rings. The SMILES string of the molecule is CSc1nnc(NC(=O)C2CCCN2S(=O)(=O)c2ccc(Cl)cc2)s1. The molecular weight excluding hydrogens is 404 g/mol. The molecule has 11 heteroatoms. The lowest BCUT2D eigenvalue weighted by Crippen LogP contribution is -2.43. The van der Waals surface area contributed by atoms with Crippen LogP contribution in [0.3, 0.4) is 0 Å². The zero-order valence-corrected chi connectivity index (χ0v) is 16.4. The molecule has 1 aliphatic rings. The molecule has 1 aromatic heterocycles. The molecule has 25 heavy (non-hydrogen) atoms. The molecule has 2 aromatic rings. The number of carbonyl (C=O) groups excluding carboxylic acids is 1. The lowest BCUT2D eigenvalue weighted by molar-refractivity contribution is -0.119. The van der Waals surface area contributed by atoms with E-state index in [-0.39, 0.29) is 10.8 Å². The second-order valence-electron chi connectivity index (χ2n) is 5.29. The minimum Gasteiger partial charge on any atom is -0.299 e. The maximum atomic E-state index is 12.8. The van der Waals surface area contributed by atoms with E-state index in [4.69, 9.17) is 11.6 Å². The van der Waals surface area contributed by atoms with E-state index < -0.39 is 16.1 Å². The van der Waals surface area contributed by atoms with Gasteiger partial charge >= 0.3 is 0 Å². The highest BCUT2D eigenvalue weighted by atomic mass is 35.5. The Balaban J connectivity index is 1.79. The number of thioether (sulfide) groups is 1. The first kappa shape index (κ1) is 18.6. The van der Waals surface area contributed by atoms with Gasteiger partial charge in [-0.25, -0.2) is 8.42 Å². The van der Waals surface area contributed by atoms with E-state index in [1.54, 1.807) is 0 Å². The molecule has 2 heterocycles. The molecule has 1 atom stereocenters. The van der Waals surface area contributed by atoms with Crippen molar-refractivity contribution < 1.29 is 13.2 Å². The smallest absolute Gasteiger partial charge is 0.244 e. The zero-order chi connectivity index (χ0) is 18.0. The number of nitrogens with zero attached hydrogens (tertiary/aromatic N) is 3. The van der Waals surface area contributed by atoms with Gasteiger partial charge in [0.2, 0.25) is 21.1 Å². The number of halogens is 1. The van der Waals surface area contributed by atoms with E-state index in [9.17, 15) is 13.2 Å². The van der Waals surface area contributed by atoms with Crippen LogP contribution in [0.15, 0.2) is 33.5 Å². The predicted octanol–water partition coefficient (Wildman–Crippen LogP) is 2.71. The van der Waals surface area contributed by atoms with E-state index in [2.05, 4.69) is 15.5 Å². The maximum absolute atomic E-state index is 12.8. The summed E-state index contributed by atoms with van der Waals surface area (Å²) in [6.07, 6.45) is 2.95. The summed E-state index contributed by atoms with van der Waals surface area (Å²) >= 11 is 8.50. The van der Waals surface area contributed by atoms with Crippen LogP contribution in [0.4, 0.5) is 5.13 Å². The summed E-state index contributed by atoms with van der Waals surface area (Å²) in [6.45, 7) is 0.301. The Hall–Kier alpha value is -1.20. The number of sulfonamides is 1. The van der Waals surface area contributed by atoms with E-state index in [0.717, 1.165) is 4.34 Å². The fraction of sp³-hybridized carbons (Fsp3) is 0.357. The third-order valence-electron chi connectivity index (χ3n) is 3.74. The molecule has 0 saturated carbocycles. The quantitative estimate of drug-likeness (QED) is 0.592. The van der Waals surface area contributed by atoms with Crippen molar-refractivity contribution in [1.82, 2.24) is 14.5 Å². The minimum absolute atomic E-state index is 0.122. The summed E-state index contributed by atoms with van der Waals surface area (Å²) in [5.41, 5.74) is 0. The molecule has 1 amide bonds. The zero-order valence-electron chi connectivity index (χ0n) is 13.2. The Kier molecular flexibility index (Phi) is 5.64. The van der Waals surface area contributed by atoms with Crippen molar-refractivity contribution in [3.8, 4) is 0 Å². The van der Waals surface area contributed by atoms with Crippen LogP contribution in [0.25, 0.3) is 0 Å². The monoisotopic (exact) mass is 418 g/mol. The summed E-state index contributed by atoms with van der Waals surface area (Å²) in [7, 11) is -3.76. The van der Waals surface area contributed by atoms with Crippen molar-refractivity contribution >= 4 is 55.8 Å². The average Bonchev–Trinajstić information content (AvgIpc) is 3.24. The van der Waals surface area contributed by atoms with E-state index in [0.29, 0.717) is 29.5 Å². The van der Waals surface area contributed by atoms with Crippen molar-refractivity contribution in [2.45, 2.75) is 28.1 Å². The van der Waals surface area contributed by atoms with Gasteiger partial charge in [-0.3, -0.25) is 10.1 Å². The number of anilines is 1. The van der Waals surface area contributed by atoms with E-state index in [1.807, 2.05) is 6.26 Å². The third kappa shape index (κ3) is 3.98. The van der Waals surface area contributed by atoms with Gasteiger partial charge in [-0.2, -0.15) is 4.31 Å². The lowest BCUT2D eigenvalue weighted by atomic mass is 10.2. The molecule has 134 valence electrons. The number of aromatic nitrogens is 2. The number of rotatable bonds is 5. The Labute approximate surface area is 158 Å². The van der Waals surface area contributed by atoms with Crippen molar-refractivity contribution in [3.63, 3.8) is 0 Å². The largest absolute Gasteiger partial charge is 0.299 e. The van der Waals surface area contributed by atoms with Crippen molar-refractivity contribution in [2.24, 2.45) is 0 Å². The Morgan fingerprint density at radius 1 is 1.36 bits per heavy atom. The summed E-state index contributed by atoms with van der Waals surface area (Å²) in [6, 6.07) is 5.17. The standard InChI is InChI=1S/C14H15ClN4O3S3/c1-23-14-18-17-13(24-14)16-12(20)11-3-2-8-19(11)25(21,22)10-6-4-9(15)5-7-10/h4-7,11H,2-3,8H2,1H3,(H,16,17,20). The number of hydrogen-bond acceptors (Lipinski definition) is 7. The Morgan fingerprint density at radius 3 is 2.72 bits per heavy atom. The van der Waals surface area contributed by atoms with Gasteiger partial charge < -0.3 is 0 Å². The number of carbonyl (C=O) groups is 1. The van der Waals surface area contributed by atoms with Crippen LogP contribution in [0.5, 0.6) is 0 Å².